The van der Waals surface area contributed by atoms with Crippen LogP contribution in [0.3, 0.4) is 0 Å². The first-order valence-electron chi connectivity index (χ1n) is 6.94. The van der Waals surface area contributed by atoms with Crippen molar-refractivity contribution in [2.24, 2.45) is 10.7 Å². The largest absolute Gasteiger partial charge is 0.370 e. The Kier molecular flexibility index (Phi) is 6.67. The molecule has 0 radical (unpaired) electrons. The molecular weight excluding hydrogens is 343 g/mol. The van der Waals surface area contributed by atoms with Gasteiger partial charge in [0.1, 0.15) is 0 Å². The zero-order chi connectivity index (χ0) is 15.9. The molecule has 0 atom stereocenters. The van der Waals surface area contributed by atoms with Crippen molar-refractivity contribution < 1.29 is 4.79 Å². The van der Waals surface area contributed by atoms with Crippen LogP contribution in [0.15, 0.2) is 23.2 Å². The van der Waals surface area contributed by atoms with Gasteiger partial charge in [-0.2, -0.15) is 11.8 Å². The molecule has 1 saturated heterocycles. The minimum Gasteiger partial charge on any atom is -0.370 e. The normalized spacial score (nSPS) is 15.7. The second-order valence-corrected chi connectivity index (χ2v) is 6.76. The summed E-state index contributed by atoms with van der Waals surface area (Å²) in [7, 11) is 0. The predicted molar refractivity (Wildman–Crippen MR) is 94.2 cm³/mol. The molecule has 0 unspecified atom stereocenters. The van der Waals surface area contributed by atoms with Crippen molar-refractivity contribution in [2.75, 3.05) is 37.7 Å². The molecule has 120 valence electrons. The number of thioether (sulfide) groups is 1. The third-order valence-corrected chi connectivity index (χ3v) is 4.87. The van der Waals surface area contributed by atoms with Crippen molar-refractivity contribution in [1.82, 2.24) is 10.2 Å². The number of carbonyl (C=O) groups excluding carboxylic acids is 1. The Hall–Kier alpha value is -1.11. The van der Waals surface area contributed by atoms with Crippen molar-refractivity contribution in [3.63, 3.8) is 0 Å². The lowest BCUT2D eigenvalue weighted by molar-refractivity contribution is 0.0955. The van der Waals surface area contributed by atoms with E-state index in [4.69, 9.17) is 28.9 Å². The lowest BCUT2D eigenvalue weighted by Gasteiger charge is -2.27. The van der Waals surface area contributed by atoms with Gasteiger partial charge in [0.15, 0.2) is 5.96 Å². The van der Waals surface area contributed by atoms with Gasteiger partial charge in [-0.1, -0.05) is 23.2 Å². The summed E-state index contributed by atoms with van der Waals surface area (Å²) in [6, 6.07) is 4.78. The summed E-state index contributed by atoms with van der Waals surface area (Å²) in [6.45, 7) is 2.72. The minimum atomic E-state index is -0.207. The van der Waals surface area contributed by atoms with Gasteiger partial charge in [-0.05, 0) is 18.2 Å². The van der Waals surface area contributed by atoms with Crippen molar-refractivity contribution >= 4 is 46.8 Å². The van der Waals surface area contributed by atoms with E-state index in [1.165, 1.54) is 0 Å². The topological polar surface area (TPSA) is 70.7 Å². The summed E-state index contributed by atoms with van der Waals surface area (Å²) in [5, 5.41) is 3.56. The van der Waals surface area contributed by atoms with E-state index < -0.39 is 0 Å². The molecule has 1 aliphatic heterocycles. The van der Waals surface area contributed by atoms with Gasteiger partial charge in [0.2, 0.25) is 0 Å². The first-order valence-corrected chi connectivity index (χ1v) is 8.85. The Labute approximate surface area is 144 Å². The third kappa shape index (κ3) is 4.97. The zero-order valence-corrected chi connectivity index (χ0v) is 14.3. The molecule has 1 aromatic rings. The van der Waals surface area contributed by atoms with Crippen molar-refractivity contribution in [3.8, 4) is 0 Å². The number of halogens is 2. The van der Waals surface area contributed by atoms with Gasteiger partial charge in [-0.25, -0.2) is 0 Å². The number of aliphatic imine (C=N–C) groups is 1. The molecule has 0 bridgehead atoms. The number of amides is 1. The van der Waals surface area contributed by atoms with Crippen LogP contribution in [0, 0.1) is 0 Å². The first kappa shape index (κ1) is 17.2. The molecule has 0 aromatic heterocycles. The minimum absolute atomic E-state index is 0.207. The molecule has 0 aliphatic carbocycles. The lowest BCUT2D eigenvalue weighted by atomic mass is 10.2. The second kappa shape index (κ2) is 8.50. The second-order valence-electron chi connectivity index (χ2n) is 4.72. The molecule has 2 rings (SSSR count). The van der Waals surface area contributed by atoms with E-state index in [1.54, 1.807) is 18.2 Å². The summed E-state index contributed by atoms with van der Waals surface area (Å²) in [5.74, 6) is 2.49. The molecule has 0 spiro atoms. The maximum absolute atomic E-state index is 11.9. The SMILES string of the molecule is NC(=NCCNC(=O)c1ccc(Cl)c(Cl)c1)N1CCSCC1. The van der Waals surface area contributed by atoms with E-state index in [1.807, 2.05) is 11.8 Å². The van der Waals surface area contributed by atoms with Gasteiger partial charge in [0.05, 0.1) is 16.6 Å². The van der Waals surface area contributed by atoms with Crippen molar-refractivity contribution in [2.45, 2.75) is 0 Å². The van der Waals surface area contributed by atoms with Gasteiger partial charge in [0.25, 0.3) is 5.91 Å². The Balaban J connectivity index is 1.77. The summed E-state index contributed by atoms with van der Waals surface area (Å²) in [6.07, 6.45) is 0. The van der Waals surface area contributed by atoms with E-state index in [0.29, 0.717) is 34.7 Å². The number of hydrogen-bond donors (Lipinski definition) is 2. The monoisotopic (exact) mass is 360 g/mol. The van der Waals surface area contributed by atoms with Gasteiger partial charge in [-0.3, -0.25) is 9.79 Å². The van der Waals surface area contributed by atoms with Crippen LogP contribution >= 0.6 is 35.0 Å². The quantitative estimate of drug-likeness (QED) is 0.489. The number of nitrogens with two attached hydrogens (primary N) is 1. The molecule has 1 heterocycles. The number of nitrogens with zero attached hydrogens (tertiary/aromatic N) is 2. The Morgan fingerprint density at radius 2 is 2.05 bits per heavy atom. The van der Waals surface area contributed by atoms with Crippen LogP contribution < -0.4 is 11.1 Å². The standard InChI is InChI=1S/C14H18Cl2N4OS/c15-11-2-1-10(9-12(11)16)13(21)18-3-4-19-14(17)20-5-7-22-8-6-20/h1-2,9H,3-8H2,(H2,17,19)(H,18,21). The fourth-order valence-corrected chi connectivity index (χ4v) is 3.17. The van der Waals surface area contributed by atoms with E-state index >= 15 is 0 Å². The zero-order valence-electron chi connectivity index (χ0n) is 12.0. The average Bonchev–Trinajstić information content (AvgIpc) is 2.54. The van der Waals surface area contributed by atoms with Crippen LogP contribution in [-0.2, 0) is 0 Å². The highest BCUT2D eigenvalue weighted by Crippen LogP contribution is 2.22. The molecule has 1 amide bonds. The maximum Gasteiger partial charge on any atom is 0.251 e. The Morgan fingerprint density at radius 1 is 1.32 bits per heavy atom. The molecular formula is C14H18Cl2N4OS. The molecule has 8 heteroatoms. The Morgan fingerprint density at radius 3 is 2.73 bits per heavy atom. The molecule has 1 fully saturated rings. The van der Waals surface area contributed by atoms with E-state index in [0.717, 1.165) is 24.6 Å². The van der Waals surface area contributed by atoms with Gasteiger partial charge in [-0.15, -0.1) is 0 Å². The highest BCUT2D eigenvalue weighted by atomic mass is 35.5. The van der Waals surface area contributed by atoms with Gasteiger partial charge in [0, 0.05) is 36.7 Å². The highest BCUT2D eigenvalue weighted by Gasteiger charge is 2.12. The molecule has 1 aromatic carbocycles. The molecule has 1 aliphatic rings. The van der Waals surface area contributed by atoms with Gasteiger partial charge < -0.3 is 16.0 Å². The van der Waals surface area contributed by atoms with Gasteiger partial charge >= 0.3 is 0 Å². The molecule has 3 N–H and O–H groups in total. The number of rotatable bonds is 4. The number of guanidine groups is 1. The summed E-state index contributed by atoms with van der Waals surface area (Å²) >= 11 is 13.6. The number of benzene rings is 1. The predicted octanol–water partition coefficient (Wildman–Crippen LogP) is 2.09. The third-order valence-electron chi connectivity index (χ3n) is 3.19. The fraction of sp³-hybridized carbons (Fsp3) is 0.429. The van der Waals surface area contributed by atoms with Crippen molar-refractivity contribution in [3.05, 3.63) is 33.8 Å². The maximum atomic E-state index is 11.9. The van der Waals surface area contributed by atoms with E-state index in [2.05, 4.69) is 15.2 Å². The van der Waals surface area contributed by atoms with E-state index in [9.17, 15) is 4.79 Å². The smallest absolute Gasteiger partial charge is 0.251 e. The van der Waals surface area contributed by atoms with Crippen LogP contribution in [0.4, 0.5) is 0 Å². The van der Waals surface area contributed by atoms with Crippen LogP contribution in [0.1, 0.15) is 10.4 Å². The number of nitrogens with one attached hydrogen (secondary N) is 1. The van der Waals surface area contributed by atoms with Crippen LogP contribution in [0.5, 0.6) is 0 Å². The van der Waals surface area contributed by atoms with Crippen LogP contribution in [0.2, 0.25) is 10.0 Å². The Bertz CT molecular complexity index is 562. The number of carbonyl (C=O) groups is 1. The average molecular weight is 361 g/mol. The molecule has 0 saturated carbocycles. The molecule has 22 heavy (non-hydrogen) atoms. The van der Waals surface area contributed by atoms with Crippen LogP contribution in [-0.4, -0.2) is 54.5 Å². The fourth-order valence-electron chi connectivity index (χ4n) is 1.97. The highest BCUT2D eigenvalue weighted by molar-refractivity contribution is 7.99. The van der Waals surface area contributed by atoms with Crippen LogP contribution in [0.25, 0.3) is 0 Å². The summed E-state index contributed by atoms with van der Waals surface area (Å²) < 4.78 is 0. The summed E-state index contributed by atoms with van der Waals surface area (Å²) in [5.41, 5.74) is 6.41. The molecule has 5 nitrogen and oxygen atoms in total. The van der Waals surface area contributed by atoms with E-state index in [-0.39, 0.29) is 5.91 Å². The van der Waals surface area contributed by atoms with Crippen molar-refractivity contribution in [1.29, 1.82) is 0 Å². The number of hydrogen-bond acceptors (Lipinski definition) is 3. The lowest BCUT2D eigenvalue weighted by Crippen LogP contribution is -2.43. The summed E-state index contributed by atoms with van der Waals surface area (Å²) in [4.78, 5) is 18.3. The first-order chi connectivity index (χ1) is 10.6.